The second-order valence-corrected chi connectivity index (χ2v) is 5.11. The normalized spacial score (nSPS) is 17.2. The smallest absolute Gasteiger partial charge is 0.229 e. The first-order valence-corrected chi connectivity index (χ1v) is 7.69. The van der Waals surface area contributed by atoms with Crippen molar-refractivity contribution >= 4 is 11.5 Å². The van der Waals surface area contributed by atoms with Crippen molar-refractivity contribution in [1.82, 2.24) is 4.90 Å². The van der Waals surface area contributed by atoms with Crippen LogP contribution in [0.25, 0.3) is 5.57 Å². The molecule has 0 saturated carbocycles. The molecular weight excluding hydrogens is 262 g/mol. The van der Waals surface area contributed by atoms with Crippen LogP contribution in [0.3, 0.4) is 0 Å². The van der Waals surface area contributed by atoms with Gasteiger partial charge in [0.25, 0.3) is 0 Å². The molecule has 0 bridgehead atoms. The number of benzene rings is 1. The highest BCUT2D eigenvalue weighted by molar-refractivity contribution is 5.92. The van der Waals surface area contributed by atoms with E-state index in [1.807, 2.05) is 46.1 Å². The largest absolute Gasteiger partial charge is 0.497 e. The van der Waals surface area contributed by atoms with Crippen LogP contribution < -0.4 is 4.74 Å². The minimum absolute atomic E-state index is 0.0177. The summed E-state index contributed by atoms with van der Waals surface area (Å²) in [5, 5.41) is 0. The number of nitrogens with zero attached hydrogens (tertiary/aromatic N) is 1. The molecule has 116 valence electrons. The summed E-state index contributed by atoms with van der Waals surface area (Å²) in [6.45, 7) is 4.00. The van der Waals surface area contributed by atoms with Crippen molar-refractivity contribution in [1.29, 1.82) is 0 Å². The third-order valence-electron chi connectivity index (χ3n) is 3.58. The highest BCUT2D eigenvalue weighted by Crippen LogP contribution is 2.34. The Balaban J connectivity index is 0.00000106. The molecule has 3 nitrogen and oxygen atoms in total. The number of amides is 1. The molecule has 1 aromatic rings. The summed E-state index contributed by atoms with van der Waals surface area (Å²) < 4.78 is 5.27. The standard InChI is InChI=1S/C16H21NO2.C2H6/c1-17(2)16(18)15-10-5-4-9-14(15)12-7-6-8-13(11-12)19-3;1-2/h6-9,11,15H,4-5,10H2,1-3H3;1-2H3. The fraction of sp³-hybridized carbons (Fsp3) is 0.500. The fourth-order valence-electron chi connectivity index (χ4n) is 2.57. The van der Waals surface area contributed by atoms with Crippen LogP contribution in [0, 0.1) is 5.92 Å². The van der Waals surface area contributed by atoms with Crippen molar-refractivity contribution in [3.05, 3.63) is 35.9 Å². The van der Waals surface area contributed by atoms with Gasteiger partial charge in [-0.3, -0.25) is 4.79 Å². The van der Waals surface area contributed by atoms with Crippen LogP contribution >= 0.6 is 0 Å². The minimum Gasteiger partial charge on any atom is -0.497 e. The Hall–Kier alpha value is -1.77. The van der Waals surface area contributed by atoms with Gasteiger partial charge in [-0.15, -0.1) is 0 Å². The summed E-state index contributed by atoms with van der Waals surface area (Å²) in [4.78, 5) is 14.0. The molecule has 1 atom stereocenters. The highest BCUT2D eigenvalue weighted by Gasteiger charge is 2.27. The Kier molecular flexibility index (Phi) is 7.00. The molecule has 0 saturated heterocycles. The molecule has 2 rings (SSSR count). The number of ether oxygens (including phenoxy) is 1. The van der Waals surface area contributed by atoms with E-state index in [-0.39, 0.29) is 11.8 Å². The topological polar surface area (TPSA) is 29.5 Å². The SMILES string of the molecule is CC.COc1cccc(C2=CCCCC2C(=O)N(C)C)c1. The minimum atomic E-state index is -0.0177. The van der Waals surface area contributed by atoms with Crippen LogP contribution in [0.4, 0.5) is 0 Å². The van der Waals surface area contributed by atoms with E-state index in [0.29, 0.717) is 0 Å². The summed E-state index contributed by atoms with van der Waals surface area (Å²) in [5.74, 6) is 1.00. The average molecular weight is 289 g/mol. The third kappa shape index (κ3) is 4.35. The predicted molar refractivity (Wildman–Crippen MR) is 88.4 cm³/mol. The van der Waals surface area contributed by atoms with Crippen molar-refractivity contribution in [2.45, 2.75) is 33.1 Å². The molecule has 0 radical (unpaired) electrons. The van der Waals surface area contributed by atoms with E-state index >= 15 is 0 Å². The van der Waals surface area contributed by atoms with Crippen LogP contribution in [0.2, 0.25) is 0 Å². The Morgan fingerprint density at radius 3 is 2.62 bits per heavy atom. The van der Waals surface area contributed by atoms with Gasteiger partial charge in [0.2, 0.25) is 5.91 Å². The zero-order valence-corrected chi connectivity index (χ0v) is 13.8. The molecule has 0 N–H and O–H groups in total. The Labute approximate surface area is 128 Å². The Bertz CT molecular complexity index is 492. The van der Waals surface area contributed by atoms with E-state index in [4.69, 9.17) is 4.74 Å². The monoisotopic (exact) mass is 289 g/mol. The van der Waals surface area contributed by atoms with Crippen LogP contribution in [0.5, 0.6) is 5.75 Å². The molecule has 3 heteroatoms. The molecule has 1 amide bonds. The van der Waals surface area contributed by atoms with Crippen LogP contribution in [0.15, 0.2) is 30.3 Å². The molecule has 1 aromatic carbocycles. The molecule has 0 fully saturated rings. The van der Waals surface area contributed by atoms with Crippen molar-refractivity contribution in [2.24, 2.45) is 5.92 Å². The zero-order chi connectivity index (χ0) is 15.8. The molecule has 0 aromatic heterocycles. The first-order valence-electron chi connectivity index (χ1n) is 7.69. The van der Waals surface area contributed by atoms with E-state index in [9.17, 15) is 4.79 Å². The van der Waals surface area contributed by atoms with Crippen molar-refractivity contribution in [2.75, 3.05) is 21.2 Å². The van der Waals surface area contributed by atoms with Gasteiger partial charge in [0.15, 0.2) is 0 Å². The Morgan fingerprint density at radius 1 is 1.29 bits per heavy atom. The maximum atomic E-state index is 12.3. The summed E-state index contributed by atoms with van der Waals surface area (Å²) in [7, 11) is 5.30. The van der Waals surface area contributed by atoms with Gasteiger partial charge < -0.3 is 9.64 Å². The lowest BCUT2D eigenvalue weighted by molar-refractivity contribution is -0.131. The van der Waals surface area contributed by atoms with E-state index in [1.165, 1.54) is 0 Å². The summed E-state index contributed by atoms with van der Waals surface area (Å²) in [6.07, 6.45) is 5.26. The lowest BCUT2D eigenvalue weighted by Crippen LogP contribution is -2.31. The Morgan fingerprint density at radius 2 is 2.00 bits per heavy atom. The lowest BCUT2D eigenvalue weighted by Gasteiger charge is -2.26. The maximum Gasteiger partial charge on any atom is 0.229 e. The molecule has 0 heterocycles. The molecule has 1 unspecified atom stereocenters. The van der Waals surface area contributed by atoms with E-state index < -0.39 is 0 Å². The van der Waals surface area contributed by atoms with Crippen molar-refractivity contribution < 1.29 is 9.53 Å². The van der Waals surface area contributed by atoms with E-state index in [2.05, 4.69) is 12.1 Å². The van der Waals surface area contributed by atoms with Gasteiger partial charge >= 0.3 is 0 Å². The number of hydrogen-bond acceptors (Lipinski definition) is 2. The van der Waals surface area contributed by atoms with Crippen molar-refractivity contribution in [3.8, 4) is 5.75 Å². The number of carbonyl (C=O) groups excluding carboxylic acids is 1. The summed E-state index contributed by atoms with van der Waals surface area (Å²) in [5.41, 5.74) is 2.24. The zero-order valence-electron chi connectivity index (χ0n) is 13.8. The van der Waals surface area contributed by atoms with Gasteiger partial charge in [-0.1, -0.05) is 32.1 Å². The van der Waals surface area contributed by atoms with Crippen LogP contribution in [-0.2, 0) is 4.79 Å². The number of methoxy groups -OCH3 is 1. The van der Waals surface area contributed by atoms with Gasteiger partial charge in [-0.25, -0.2) is 0 Å². The van der Waals surface area contributed by atoms with Gasteiger partial charge in [-0.05, 0) is 42.5 Å². The van der Waals surface area contributed by atoms with Crippen LogP contribution in [-0.4, -0.2) is 32.0 Å². The maximum absolute atomic E-state index is 12.3. The van der Waals surface area contributed by atoms with Crippen molar-refractivity contribution in [3.63, 3.8) is 0 Å². The molecule has 1 aliphatic carbocycles. The van der Waals surface area contributed by atoms with Gasteiger partial charge in [0, 0.05) is 14.1 Å². The number of allylic oxidation sites excluding steroid dienone is 1. The number of rotatable bonds is 3. The molecular formula is C18H27NO2. The predicted octanol–water partition coefficient (Wildman–Crippen LogP) is 3.99. The fourth-order valence-corrected chi connectivity index (χ4v) is 2.57. The third-order valence-corrected chi connectivity index (χ3v) is 3.58. The first kappa shape index (κ1) is 17.3. The van der Waals surface area contributed by atoms with E-state index in [0.717, 1.165) is 36.1 Å². The summed E-state index contributed by atoms with van der Waals surface area (Å²) >= 11 is 0. The lowest BCUT2D eigenvalue weighted by atomic mass is 9.83. The molecule has 21 heavy (non-hydrogen) atoms. The quantitative estimate of drug-likeness (QED) is 0.842. The van der Waals surface area contributed by atoms with Gasteiger partial charge in [0.05, 0.1) is 13.0 Å². The highest BCUT2D eigenvalue weighted by atomic mass is 16.5. The molecule has 0 spiro atoms. The average Bonchev–Trinajstić information content (AvgIpc) is 2.56. The van der Waals surface area contributed by atoms with E-state index in [1.54, 1.807) is 12.0 Å². The second-order valence-electron chi connectivity index (χ2n) is 5.11. The molecule has 1 aliphatic rings. The van der Waals surface area contributed by atoms with Crippen LogP contribution in [0.1, 0.15) is 38.7 Å². The van der Waals surface area contributed by atoms with Gasteiger partial charge in [0.1, 0.15) is 5.75 Å². The number of hydrogen-bond donors (Lipinski definition) is 0. The second kappa shape index (κ2) is 8.50. The molecule has 0 aliphatic heterocycles. The van der Waals surface area contributed by atoms with Gasteiger partial charge in [-0.2, -0.15) is 0 Å². The number of carbonyl (C=O) groups is 1. The summed E-state index contributed by atoms with van der Waals surface area (Å²) in [6, 6.07) is 7.96. The first-order chi connectivity index (χ1) is 10.1.